The molecule has 0 fully saturated rings. The normalized spacial score (nSPS) is 10.5. The van der Waals surface area contributed by atoms with Gasteiger partial charge in [0.05, 0.1) is 7.11 Å². The van der Waals surface area contributed by atoms with Gasteiger partial charge in [0, 0.05) is 0 Å². The first kappa shape index (κ1) is 8.76. The van der Waals surface area contributed by atoms with Gasteiger partial charge in [0.15, 0.2) is 0 Å². The molecule has 0 rings (SSSR count). The molecule has 54 valence electrons. The van der Waals surface area contributed by atoms with E-state index in [1.807, 2.05) is 18.2 Å². The van der Waals surface area contributed by atoms with Gasteiger partial charge in [-0.1, -0.05) is 37.5 Å². The Balaban J connectivity index is 3.65. The topological polar surface area (TPSA) is 9.23 Å². The summed E-state index contributed by atoms with van der Waals surface area (Å²) >= 11 is 0. The highest BCUT2D eigenvalue weighted by Gasteiger charge is 1.76. The SMILES string of the molecule is C=C/C=C/C=C\C(=C)OC. The lowest BCUT2D eigenvalue weighted by molar-refractivity contribution is 0.309. The minimum absolute atomic E-state index is 0.647. The molecule has 1 nitrogen and oxygen atoms in total. The molecule has 0 aliphatic rings. The van der Waals surface area contributed by atoms with E-state index in [9.17, 15) is 0 Å². The van der Waals surface area contributed by atoms with Crippen LogP contribution in [0.25, 0.3) is 0 Å². The van der Waals surface area contributed by atoms with Gasteiger partial charge in [-0.2, -0.15) is 0 Å². The molecule has 0 saturated carbocycles. The van der Waals surface area contributed by atoms with Gasteiger partial charge in [0.2, 0.25) is 0 Å². The van der Waals surface area contributed by atoms with Crippen molar-refractivity contribution in [2.45, 2.75) is 0 Å². The third-order valence-electron chi connectivity index (χ3n) is 0.903. The van der Waals surface area contributed by atoms with Gasteiger partial charge in [0.25, 0.3) is 0 Å². The van der Waals surface area contributed by atoms with Crippen molar-refractivity contribution in [3.8, 4) is 0 Å². The number of ether oxygens (including phenoxy) is 1. The fraction of sp³-hybridized carbons (Fsp3) is 0.111. The zero-order valence-electron chi connectivity index (χ0n) is 6.21. The Morgan fingerprint density at radius 2 is 2.00 bits per heavy atom. The van der Waals surface area contributed by atoms with Crippen molar-refractivity contribution in [1.29, 1.82) is 0 Å². The zero-order valence-corrected chi connectivity index (χ0v) is 6.21. The molecule has 0 aliphatic carbocycles. The van der Waals surface area contributed by atoms with Crippen molar-refractivity contribution in [2.75, 3.05) is 7.11 Å². The predicted molar refractivity (Wildman–Crippen MR) is 44.6 cm³/mol. The van der Waals surface area contributed by atoms with Gasteiger partial charge in [0.1, 0.15) is 5.76 Å². The van der Waals surface area contributed by atoms with E-state index in [0.29, 0.717) is 5.76 Å². The fourth-order valence-corrected chi connectivity index (χ4v) is 0.374. The molecule has 1 heteroatoms. The Morgan fingerprint density at radius 3 is 2.50 bits per heavy atom. The van der Waals surface area contributed by atoms with Crippen LogP contribution < -0.4 is 0 Å². The Bertz CT molecular complexity index is 164. The molecule has 0 aromatic carbocycles. The predicted octanol–water partition coefficient (Wildman–Crippen LogP) is 2.44. The molecular formula is C9H12O. The van der Waals surface area contributed by atoms with Gasteiger partial charge >= 0.3 is 0 Å². The van der Waals surface area contributed by atoms with Crippen LogP contribution in [0.3, 0.4) is 0 Å². The molecule has 0 N–H and O–H groups in total. The summed E-state index contributed by atoms with van der Waals surface area (Å²) in [5.41, 5.74) is 0. The van der Waals surface area contributed by atoms with E-state index in [1.54, 1.807) is 19.3 Å². The summed E-state index contributed by atoms with van der Waals surface area (Å²) in [5, 5.41) is 0. The number of hydrogen-bond acceptors (Lipinski definition) is 1. The largest absolute Gasteiger partial charge is 0.497 e. The molecule has 0 spiro atoms. The Labute approximate surface area is 62.0 Å². The summed E-state index contributed by atoms with van der Waals surface area (Å²) in [4.78, 5) is 0. The average Bonchev–Trinajstić information content (AvgIpc) is 1.98. The van der Waals surface area contributed by atoms with Crippen LogP contribution in [-0.2, 0) is 4.74 Å². The number of hydrogen-bond donors (Lipinski definition) is 0. The first-order valence-corrected chi connectivity index (χ1v) is 3.00. The van der Waals surface area contributed by atoms with Crippen LogP contribution in [0, 0.1) is 0 Å². The number of allylic oxidation sites excluding steroid dienone is 5. The van der Waals surface area contributed by atoms with Crippen LogP contribution in [-0.4, -0.2) is 7.11 Å². The number of rotatable bonds is 4. The third kappa shape index (κ3) is 4.91. The van der Waals surface area contributed by atoms with E-state index in [4.69, 9.17) is 4.74 Å². The molecule has 0 heterocycles. The highest BCUT2D eigenvalue weighted by molar-refractivity contribution is 5.16. The van der Waals surface area contributed by atoms with Crippen LogP contribution in [0.4, 0.5) is 0 Å². The molecule has 0 bridgehead atoms. The standard InChI is InChI=1S/C9H12O/c1-4-5-6-7-8-9(2)10-3/h4-8H,1-2H2,3H3/b6-5+,8-7-. The van der Waals surface area contributed by atoms with Crippen LogP contribution in [0.15, 0.2) is 49.3 Å². The summed E-state index contributed by atoms with van der Waals surface area (Å²) in [5.74, 6) is 0.647. The smallest absolute Gasteiger partial charge is 0.111 e. The van der Waals surface area contributed by atoms with Crippen molar-refractivity contribution in [3.05, 3.63) is 49.3 Å². The summed E-state index contributed by atoms with van der Waals surface area (Å²) in [7, 11) is 1.59. The molecule has 0 aromatic rings. The lowest BCUT2D eigenvalue weighted by Gasteiger charge is -1.92. The monoisotopic (exact) mass is 136 g/mol. The van der Waals surface area contributed by atoms with Crippen molar-refractivity contribution in [2.24, 2.45) is 0 Å². The maximum absolute atomic E-state index is 4.79. The minimum Gasteiger partial charge on any atom is -0.497 e. The van der Waals surface area contributed by atoms with E-state index in [1.165, 1.54) is 0 Å². The zero-order chi connectivity index (χ0) is 7.82. The highest BCUT2D eigenvalue weighted by Crippen LogP contribution is 1.91. The Hall–Kier alpha value is -1.24. The summed E-state index contributed by atoms with van der Waals surface area (Å²) in [6.07, 6.45) is 9.02. The van der Waals surface area contributed by atoms with Crippen LogP contribution in [0.1, 0.15) is 0 Å². The first-order valence-electron chi connectivity index (χ1n) is 3.00. The Kier molecular flexibility index (Phi) is 5.16. The summed E-state index contributed by atoms with van der Waals surface area (Å²) in [6.45, 7) is 7.13. The third-order valence-corrected chi connectivity index (χ3v) is 0.903. The fourth-order valence-electron chi connectivity index (χ4n) is 0.374. The van der Waals surface area contributed by atoms with Crippen LogP contribution in [0.5, 0.6) is 0 Å². The van der Waals surface area contributed by atoms with E-state index < -0.39 is 0 Å². The van der Waals surface area contributed by atoms with Gasteiger partial charge in [-0.15, -0.1) is 0 Å². The molecule has 0 amide bonds. The summed E-state index contributed by atoms with van der Waals surface area (Å²) < 4.78 is 4.79. The maximum Gasteiger partial charge on any atom is 0.111 e. The molecule has 0 atom stereocenters. The second-order valence-electron chi connectivity index (χ2n) is 1.65. The molecule has 0 radical (unpaired) electrons. The van der Waals surface area contributed by atoms with Crippen molar-refractivity contribution >= 4 is 0 Å². The molecule has 0 saturated heterocycles. The number of methoxy groups -OCH3 is 1. The van der Waals surface area contributed by atoms with Gasteiger partial charge in [-0.05, 0) is 6.08 Å². The van der Waals surface area contributed by atoms with Crippen molar-refractivity contribution < 1.29 is 4.74 Å². The highest BCUT2D eigenvalue weighted by atomic mass is 16.5. The van der Waals surface area contributed by atoms with E-state index >= 15 is 0 Å². The van der Waals surface area contributed by atoms with Crippen LogP contribution >= 0.6 is 0 Å². The maximum atomic E-state index is 4.79. The second-order valence-corrected chi connectivity index (χ2v) is 1.65. The van der Waals surface area contributed by atoms with Crippen LogP contribution in [0.2, 0.25) is 0 Å². The molecule has 0 aliphatic heterocycles. The molecular weight excluding hydrogens is 124 g/mol. The van der Waals surface area contributed by atoms with E-state index in [0.717, 1.165) is 0 Å². The van der Waals surface area contributed by atoms with Gasteiger partial charge < -0.3 is 4.74 Å². The lowest BCUT2D eigenvalue weighted by Crippen LogP contribution is -1.75. The summed E-state index contributed by atoms with van der Waals surface area (Å²) in [6, 6.07) is 0. The van der Waals surface area contributed by atoms with Gasteiger partial charge in [-0.3, -0.25) is 0 Å². The molecule has 0 aromatic heterocycles. The Morgan fingerprint density at radius 1 is 1.30 bits per heavy atom. The van der Waals surface area contributed by atoms with Crippen molar-refractivity contribution in [3.63, 3.8) is 0 Å². The molecule has 0 unspecified atom stereocenters. The minimum atomic E-state index is 0.647. The molecule has 10 heavy (non-hydrogen) atoms. The van der Waals surface area contributed by atoms with E-state index in [-0.39, 0.29) is 0 Å². The quantitative estimate of drug-likeness (QED) is 0.426. The van der Waals surface area contributed by atoms with E-state index in [2.05, 4.69) is 13.2 Å². The lowest BCUT2D eigenvalue weighted by atomic mass is 10.4. The van der Waals surface area contributed by atoms with Crippen molar-refractivity contribution in [1.82, 2.24) is 0 Å². The first-order chi connectivity index (χ1) is 4.81. The average molecular weight is 136 g/mol. The van der Waals surface area contributed by atoms with Gasteiger partial charge in [-0.25, -0.2) is 0 Å². The second kappa shape index (κ2) is 5.89.